The molecule has 2 unspecified atom stereocenters. The van der Waals surface area contributed by atoms with Gasteiger partial charge in [-0.1, -0.05) is 6.92 Å². The Balaban J connectivity index is 1.20. The van der Waals surface area contributed by atoms with Crippen molar-refractivity contribution in [2.45, 2.75) is 51.8 Å². The Morgan fingerprint density at radius 2 is 2.03 bits per heavy atom. The fourth-order valence-corrected chi connectivity index (χ4v) is 5.53. The number of aromatic nitrogens is 3. The molecule has 0 spiro atoms. The van der Waals surface area contributed by atoms with Gasteiger partial charge in [0.2, 0.25) is 5.95 Å². The first-order valence-electron chi connectivity index (χ1n) is 12.5. The van der Waals surface area contributed by atoms with Gasteiger partial charge in [0.1, 0.15) is 0 Å². The van der Waals surface area contributed by atoms with Gasteiger partial charge in [0.15, 0.2) is 17.2 Å². The van der Waals surface area contributed by atoms with Crippen LogP contribution in [0.15, 0.2) is 42.7 Å². The number of fused-ring (bicyclic) bond motifs is 3. The van der Waals surface area contributed by atoms with E-state index in [2.05, 4.69) is 62.4 Å². The van der Waals surface area contributed by atoms with Crippen molar-refractivity contribution in [1.82, 2.24) is 19.9 Å². The first-order valence-corrected chi connectivity index (χ1v) is 12.5. The predicted molar refractivity (Wildman–Crippen MR) is 140 cm³/mol. The lowest BCUT2D eigenvalue weighted by atomic mass is 10.1. The van der Waals surface area contributed by atoms with Crippen LogP contribution in [0.25, 0.3) is 11.3 Å². The Bertz CT molecular complexity index is 1340. The summed E-state index contributed by atoms with van der Waals surface area (Å²) < 4.78 is 5.88. The molecule has 9 nitrogen and oxygen atoms in total. The number of benzene rings is 1. The van der Waals surface area contributed by atoms with Gasteiger partial charge in [0.25, 0.3) is 5.91 Å². The molecule has 36 heavy (non-hydrogen) atoms. The molecular formula is C27H31N7O2. The Labute approximate surface area is 210 Å². The van der Waals surface area contributed by atoms with E-state index in [0.29, 0.717) is 35.3 Å². The topological polar surface area (TPSA) is 95.5 Å². The average molecular weight is 486 g/mol. The SMILES string of the molecule is CCN1CC2CC1CN2c1ccc(Nc2nccc(-c3cnc4c(c3)OC(C)(C)C(=O)N4)n2)cc1C. The largest absolute Gasteiger partial charge is 0.474 e. The highest BCUT2D eigenvalue weighted by Gasteiger charge is 2.42. The van der Waals surface area contributed by atoms with E-state index in [4.69, 9.17) is 9.72 Å². The summed E-state index contributed by atoms with van der Waals surface area (Å²) in [4.78, 5) is 30.8. The maximum atomic E-state index is 12.1. The third kappa shape index (κ3) is 3.93. The second-order valence-electron chi connectivity index (χ2n) is 10.3. The second-order valence-corrected chi connectivity index (χ2v) is 10.3. The molecule has 2 aromatic heterocycles. The zero-order chi connectivity index (χ0) is 25.0. The van der Waals surface area contributed by atoms with Gasteiger partial charge in [-0.15, -0.1) is 0 Å². The lowest BCUT2D eigenvalue weighted by Crippen LogP contribution is -2.46. The van der Waals surface area contributed by atoms with Crippen molar-refractivity contribution >= 4 is 29.0 Å². The van der Waals surface area contributed by atoms with Gasteiger partial charge in [0, 0.05) is 54.5 Å². The van der Waals surface area contributed by atoms with E-state index in [9.17, 15) is 4.79 Å². The van der Waals surface area contributed by atoms with Gasteiger partial charge in [-0.25, -0.2) is 15.0 Å². The summed E-state index contributed by atoms with van der Waals surface area (Å²) in [6.07, 6.45) is 4.66. The molecule has 5 heterocycles. The summed E-state index contributed by atoms with van der Waals surface area (Å²) >= 11 is 0. The smallest absolute Gasteiger partial charge is 0.269 e. The van der Waals surface area contributed by atoms with Crippen LogP contribution in [0.5, 0.6) is 5.75 Å². The number of hydrogen-bond donors (Lipinski definition) is 2. The third-order valence-corrected chi connectivity index (χ3v) is 7.47. The monoisotopic (exact) mass is 485 g/mol. The number of nitrogens with zero attached hydrogens (tertiary/aromatic N) is 5. The minimum atomic E-state index is -0.959. The van der Waals surface area contributed by atoms with Crippen molar-refractivity contribution in [3.63, 3.8) is 0 Å². The highest BCUT2D eigenvalue weighted by molar-refractivity contribution is 5.99. The number of nitrogens with one attached hydrogen (secondary N) is 2. The Morgan fingerprint density at radius 3 is 2.78 bits per heavy atom. The van der Waals surface area contributed by atoms with Gasteiger partial charge < -0.3 is 20.3 Å². The molecule has 3 aliphatic rings. The van der Waals surface area contributed by atoms with E-state index in [0.717, 1.165) is 30.9 Å². The van der Waals surface area contributed by atoms with Crippen molar-refractivity contribution < 1.29 is 9.53 Å². The van der Waals surface area contributed by atoms with E-state index in [1.807, 2.05) is 12.1 Å². The molecule has 2 saturated heterocycles. The van der Waals surface area contributed by atoms with Crippen molar-refractivity contribution in [3.8, 4) is 17.0 Å². The third-order valence-electron chi connectivity index (χ3n) is 7.47. The van der Waals surface area contributed by atoms with Crippen molar-refractivity contribution in [3.05, 3.63) is 48.3 Å². The highest BCUT2D eigenvalue weighted by Crippen LogP contribution is 2.37. The van der Waals surface area contributed by atoms with E-state index in [-0.39, 0.29) is 5.91 Å². The molecule has 2 N–H and O–H groups in total. The number of hydrogen-bond acceptors (Lipinski definition) is 8. The number of pyridine rings is 1. The number of anilines is 4. The summed E-state index contributed by atoms with van der Waals surface area (Å²) in [5.41, 5.74) is 4.04. The van der Waals surface area contributed by atoms with Gasteiger partial charge >= 0.3 is 0 Å². The Morgan fingerprint density at radius 1 is 1.17 bits per heavy atom. The Hall–Kier alpha value is -3.72. The molecule has 3 aliphatic heterocycles. The lowest BCUT2D eigenvalue weighted by Gasteiger charge is -2.36. The average Bonchev–Trinajstić information content (AvgIpc) is 3.45. The minimum absolute atomic E-state index is 0.217. The standard InChI is InChI=1S/C27H31N7O2/c1-5-33-14-20-12-19(33)15-34(20)22-7-6-18(10-16(22)2)30-26-28-9-8-21(31-26)17-11-23-24(29-13-17)32-25(35)27(3,4)36-23/h6-11,13,19-20H,5,12,14-15H2,1-4H3,(H,28,30,31)(H,29,32,35). The number of amides is 1. The first kappa shape index (κ1) is 22.7. The van der Waals surface area contributed by atoms with Crippen LogP contribution in [0.2, 0.25) is 0 Å². The molecule has 1 amide bonds. The van der Waals surface area contributed by atoms with Gasteiger partial charge in [0.05, 0.1) is 5.69 Å². The van der Waals surface area contributed by atoms with Crippen LogP contribution in [-0.2, 0) is 4.79 Å². The normalized spacial score (nSPS) is 22.2. The molecular weight excluding hydrogens is 454 g/mol. The van der Waals surface area contributed by atoms with Crippen LogP contribution in [0, 0.1) is 6.92 Å². The maximum absolute atomic E-state index is 12.1. The van der Waals surface area contributed by atoms with Crippen LogP contribution in [0.4, 0.5) is 23.1 Å². The van der Waals surface area contributed by atoms with Crippen molar-refractivity contribution in [1.29, 1.82) is 0 Å². The van der Waals surface area contributed by atoms with Crippen molar-refractivity contribution in [2.75, 3.05) is 35.2 Å². The summed E-state index contributed by atoms with van der Waals surface area (Å²) in [5.74, 6) is 1.23. The van der Waals surface area contributed by atoms with Crippen LogP contribution in [-0.4, -0.2) is 63.1 Å². The second kappa shape index (κ2) is 8.44. The first-order chi connectivity index (χ1) is 17.3. The molecule has 186 valence electrons. The summed E-state index contributed by atoms with van der Waals surface area (Å²) in [6.45, 7) is 11.3. The molecule has 0 saturated carbocycles. The van der Waals surface area contributed by atoms with Crippen LogP contribution in [0.3, 0.4) is 0 Å². The quantitative estimate of drug-likeness (QED) is 0.560. The lowest BCUT2D eigenvalue weighted by molar-refractivity contribution is -0.129. The zero-order valence-corrected chi connectivity index (χ0v) is 21.1. The van der Waals surface area contributed by atoms with E-state index in [1.54, 1.807) is 26.2 Å². The van der Waals surface area contributed by atoms with E-state index in [1.165, 1.54) is 17.7 Å². The van der Waals surface area contributed by atoms with Gasteiger partial charge in [-0.05, 0) is 69.6 Å². The molecule has 2 fully saturated rings. The highest BCUT2D eigenvalue weighted by atomic mass is 16.5. The fraction of sp³-hybridized carbons (Fsp3) is 0.407. The zero-order valence-electron chi connectivity index (χ0n) is 21.1. The summed E-state index contributed by atoms with van der Waals surface area (Å²) in [5, 5.41) is 6.14. The number of rotatable bonds is 5. The van der Waals surface area contributed by atoms with Gasteiger partial charge in [-0.3, -0.25) is 9.69 Å². The predicted octanol–water partition coefficient (Wildman–Crippen LogP) is 3.98. The van der Waals surface area contributed by atoms with Crippen LogP contribution in [0.1, 0.15) is 32.8 Å². The summed E-state index contributed by atoms with van der Waals surface area (Å²) in [6, 6.07) is 11.4. The van der Waals surface area contributed by atoms with E-state index >= 15 is 0 Å². The molecule has 6 rings (SSSR count). The number of carbonyl (C=O) groups excluding carboxylic acids is 1. The van der Waals surface area contributed by atoms with E-state index < -0.39 is 5.60 Å². The number of likely N-dealkylation sites (N-methyl/N-ethyl adjacent to an activating group) is 1. The van der Waals surface area contributed by atoms with Crippen LogP contribution >= 0.6 is 0 Å². The molecule has 0 radical (unpaired) electrons. The number of aryl methyl sites for hydroxylation is 1. The summed E-state index contributed by atoms with van der Waals surface area (Å²) in [7, 11) is 0. The Kier molecular flexibility index (Phi) is 5.33. The van der Waals surface area contributed by atoms with Gasteiger partial charge in [-0.2, -0.15) is 0 Å². The number of carbonyl (C=O) groups is 1. The number of likely N-dealkylation sites (tertiary alicyclic amines) is 1. The fourth-order valence-electron chi connectivity index (χ4n) is 5.53. The number of ether oxygens (including phenoxy) is 1. The molecule has 9 heteroatoms. The van der Waals surface area contributed by atoms with Crippen LogP contribution < -0.4 is 20.3 Å². The maximum Gasteiger partial charge on any atom is 0.269 e. The minimum Gasteiger partial charge on any atom is -0.474 e. The molecule has 1 aromatic carbocycles. The molecule has 2 bridgehead atoms. The molecule has 0 aliphatic carbocycles. The molecule has 2 atom stereocenters. The number of piperazine rings is 1. The molecule has 3 aromatic rings. The van der Waals surface area contributed by atoms with Crippen molar-refractivity contribution in [2.24, 2.45) is 0 Å².